The molecule has 4 atom stereocenters. The monoisotopic (exact) mass is 843 g/mol. The number of aliphatic hydroxyl groups excluding tert-OH is 3. The highest BCUT2D eigenvalue weighted by Gasteiger charge is 2.27. The van der Waals surface area contributed by atoms with Crippen LogP contribution >= 0.6 is 7.82 Å². The Morgan fingerprint density at radius 2 is 1.09 bits per heavy atom. The average molecular weight is 843 g/mol. The summed E-state index contributed by atoms with van der Waals surface area (Å²) < 4.78 is 32.6. The van der Waals surface area contributed by atoms with E-state index in [4.69, 9.17) is 19.1 Å². The molecule has 0 amide bonds. The second kappa shape index (κ2) is 41.6. The summed E-state index contributed by atoms with van der Waals surface area (Å²) in [6, 6.07) is 0. The van der Waals surface area contributed by atoms with Gasteiger partial charge in [-0.1, -0.05) is 159 Å². The van der Waals surface area contributed by atoms with Gasteiger partial charge in [0, 0.05) is 12.8 Å². The fourth-order valence-electron chi connectivity index (χ4n) is 6.00. The minimum Gasteiger partial charge on any atom is -0.462 e. The van der Waals surface area contributed by atoms with Crippen LogP contribution in [0.25, 0.3) is 0 Å². The van der Waals surface area contributed by atoms with Crippen molar-refractivity contribution >= 4 is 19.8 Å². The SMILES string of the molecule is CCCCCCCC/C=C\CCCCCCCCCC(=O)OC[C@H](COP(=O)(O)OC[C@@H](O)CO)OC(=O)CCCC(O)/C=C/C=C/C/C=C/CCCCCCCC. The van der Waals surface area contributed by atoms with Crippen LogP contribution in [0.1, 0.15) is 187 Å². The van der Waals surface area contributed by atoms with Crippen LogP contribution in [0.2, 0.25) is 0 Å². The molecule has 0 aromatic rings. The minimum absolute atomic E-state index is 0.0412. The van der Waals surface area contributed by atoms with Crippen LogP contribution in [0, 0.1) is 0 Å². The lowest BCUT2D eigenvalue weighted by Crippen LogP contribution is -2.30. The molecule has 0 aromatic heterocycles. The van der Waals surface area contributed by atoms with Crippen LogP contribution in [0.5, 0.6) is 0 Å². The predicted molar refractivity (Wildman–Crippen MR) is 234 cm³/mol. The Hall–Kier alpha value is -2.11. The Morgan fingerprint density at radius 1 is 0.586 bits per heavy atom. The minimum atomic E-state index is -4.67. The average Bonchev–Trinajstić information content (AvgIpc) is 3.20. The summed E-state index contributed by atoms with van der Waals surface area (Å²) in [7, 11) is -4.67. The van der Waals surface area contributed by atoms with Crippen LogP contribution in [-0.2, 0) is 32.7 Å². The van der Waals surface area contributed by atoms with Gasteiger partial charge in [-0.05, 0) is 64.2 Å². The largest absolute Gasteiger partial charge is 0.472 e. The Bertz CT molecular complexity index is 1120. The van der Waals surface area contributed by atoms with Gasteiger partial charge in [0.05, 0.1) is 25.9 Å². The van der Waals surface area contributed by atoms with Crippen molar-refractivity contribution in [3.8, 4) is 0 Å². The molecule has 0 bridgehead atoms. The summed E-state index contributed by atoms with van der Waals surface area (Å²) in [5.74, 6) is -1.13. The van der Waals surface area contributed by atoms with E-state index in [0.29, 0.717) is 19.3 Å². The van der Waals surface area contributed by atoms with Gasteiger partial charge in [-0.3, -0.25) is 18.6 Å². The zero-order chi connectivity index (χ0) is 42.8. The fraction of sp³-hybridized carbons (Fsp3) is 0.783. The number of ether oxygens (including phenoxy) is 2. The third kappa shape index (κ3) is 40.7. The van der Waals surface area contributed by atoms with Crippen molar-refractivity contribution < 1.29 is 52.9 Å². The molecule has 0 aliphatic heterocycles. The molecular formula is C46H83O11P. The van der Waals surface area contributed by atoms with E-state index in [1.807, 2.05) is 12.2 Å². The van der Waals surface area contributed by atoms with Crippen molar-refractivity contribution in [2.24, 2.45) is 0 Å². The zero-order valence-electron chi connectivity index (χ0n) is 36.4. The van der Waals surface area contributed by atoms with Crippen molar-refractivity contribution in [3.05, 3.63) is 48.6 Å². The maximum absolute atomic E-state index is 12.6. The van der Waals surface area contributed by atoms with Crippen molar-refractivity contribution in [2.45, 2.75) is 206 Å². The van der Waals surface area contributed by atoms with Crippen LogP contribution in [-0.4, -0.2) is 76.9 Å². The first-order valence-corrected chi connectivity index (χ1v) is 24.2. The van der Waals surface area contributed by atoms with E-state index in [2.05, 4.69) is 42.7 Å². The molecule has 11 nitrogen and oxygen atoms in total. The van der Waals surface area contributed by atoms with Crippen molar-refractivity contribution in [3.63, 3.8) is 0 Å². The highest BCUT2D eigenvalue weighted by atomic mass is 31.2. The molecule has 0 saturated heterocycles. The Kier molecular flexibility index (Phi) is 40.1. The van der Waals surface area contributed by atoms with E-state index in [9.17, 15) is 29.3 Å². The third-order valence-electron chi connectivity index (χ3n) is 9.56. The maximum Gasteiger partial charge on any atom is 0.472 e. The molecule has 0 heterocycles. The van der Waals surface area contributed by atoms with Gasteiger partial charge in [-0.2, -0.15) is 0 Å². The van der Waals surface area contributed by atoms with E-state index < -0.39 is 57.9 Å². The first kappa shape index (κ1) is 55.9. The molecule has 4 N–H and O–H groups in total. The molecule has 0 spiro atoms. The van der Waals surface area contributed by atoms with Crippen LogP contribution in [0.15, 0.2) is 48.6 Å². The molecule has 0 aromatic carbocycles. The number of allylic oxidation sites excluding steroid dienone is 7. The number of aliphatic hydroxyl groups is 3. The second-order valence-electron chi connectivity index (χ2n) is 15.3. The molecular weight excluding hydrogens is 759 g/mol. The molecule has 12 heteroatoms. The Labute approximate surface area is 352 Å². The van der Waals surface area contributed by atoms with E-state index in [1.165, 1.54) is 103 Å². The van der Waals surface area contributed by atoms with Gasteiger partial charge >= 0.3 is 19.8 Å². The lowest BCUT2D eigenvalue weighted by molar-refractivity contribution is -0.161. The number of phosphoric ester groups is 1. The van der Waals surface area contributed by atoms with Crippen LogP contribution in [0.3, 0.4) is 0 Å². The molecule has 0 rings (SSSR count). The van der Waals surface area contributed by atoms with Gasteiger partial charge in [0.2, 0.25) is 0 Å². The summed E-state index contributed by atoms with van der Waals surface area (Å²) in [4.78, 5) is 35.0. The molecule has 0 aliphatic rings. The van der Waals surface area contributed by atoms with Crippen LogP contribution in [0.4, 0.5) is 0 Å². The number of hydrogen-bond donors (Lipinski definition) is 4. The van der Waals surface area contributed by atoms with E-state index in [0.717, 1.165) is 38.5 Å². The standard InChI is InChI=1S/C46H83O11P/c1-3-5-7-9-11-13-15-17-18-19-20-22-24-26-28-30-32-36-45(50)54-40-44(41-56-58(52,53)55-39-43(49)38-47)57-46(51)37-33-35-42(48)34-31-29-27-25-23-21-16-14-12-10-8-6-4-2/h17-18,21,23,27,29,31,34,42-44,47-49H,3-16,19-20,22,24-26,28,30,32-33,35-41H2,1-2H3,(H,52,53)/b18-17-,23-21+,29-27+,34-31+/t42?,43-,44+/m0/s1. The summed E-state index contributed by atoms with van der Waals surface area (Å²) in [6.45, 7) is 2.15. The van der Waals surface area contributed by atoms with E-state index >= 15 is 0 Å². The van der Waals surface area contributed by atoms with Crippen LogP contribution < -0.4 is 0 Å². The number of carbonyl (C=O) groups excluding carboxylic acids is 2. The molecule has 2 unspecified atom stereocenters. The second-order valence-corrected chi connectivity index (χ2v) is 16.7. The molecule has 0 aliphatic carbocycles. The molecule has 0 fully saturated rings. The number of unbranched alkanes of at least 4 members (excludes halogenated alkanes) is 19. The highest BCUT2D eigenvalue weighted by Crippen LogP contribution is 2.43. The van der Waals surface area contributed by atoms with E-state index in [-0.39, 0.29) is 19.4 Å². The number of phosphoric acid groups is 1. The molecule has 338 valence electrons. The first-order valence-electron chi connectivity index (χ1n) is 22.7. The normalized spacial score (nSPS) is 14.8. The summed E-state index contributed by atoms with van der Waals surface area (Å²) in [5.41, 5.74) is 0. The molecule has 0 saturated carbocycles. The fourth-order valence-corrected chi connectivity index (χ4v) is 6.79. The summed E-state index contributed by atoms with van der Waals surface area (Å²) in [5, 5.41) is 28.6. The van der Waals surface area contributed by atoms with Crippen molar-refractivity contribution in [1.82, 2.24) is 0 Å². The van der Waals surface area contributed by atoms with Gasteiger partial charge < -0.3 is 29.7 Å². The number of hydrogen-bond acceptors (Lipinski definition) is 10. The highest BCUT2D eigenvalue weighted by molar-refractivity contribution is 7.47. The van der Waals surface area contributed by atoms with Gasteiger partial charge in [-0.25, -0.2) is 4.57 Å². The van der Waals surface area contributed by atoms with Gasteiger partial charge in [0.1, 0.15) is 12.7 Å². The smallest absolute Gasteiger partial charge is 0.462 e. The quantitative estimate of drug-likeness (QED) is 0.0152. The predicted octanol–water partition coefficient (Wildman–Crippen LogP) is 11.1. The first-order chi connectivity index (χ1) is 28.1. The maximum atomic E-state index is 12.6. The number of rotatable bonds is 42. The Morgan fingerprint density at radius 3 is 1.66 bits per heavy atom. The number of carbonyl (C=O) groups is 2. The van der Waals surface area contributed by atoms with E-state index in [1.54, 1.807) is 12.2 Å². The summed E-state index contributed by atoms with van der Waals surface area (Å²) >= 11 is 0. The lowest BCUT2D eigenvalue weighted by atomic mass is 10.1. The van der Waals surface area contributed by atoms with Crippen molar-refractivity contribution in [1.29, 1.82) is 0 Å². The molecule has 58 heavy (non-hydrogen) atoms. The van der Waals surface area contributed by atoms with Crippen molar-refractivity contribution in [2.75, 3.05) is 26.4 Å². The van der Waals surface area contributed by atoms with Gasteiger partial charge in [0.25, 0.3) is 0 Å². The Balaban J connectivity index is 4.46. The zero-order valence-corrected chi connectivity index (χ0v) is 37.3. The third-order valence-corrected chi connectivity index (χ3v) is 10.5. The lowest BCUT2D eigenvalue weighted by Gasteiger charge is -2.20. The topological polar surface area (TPSA) is 169 Å². The van der Waals surface area contributed by atoms with Gasteiger partial charge in [-0.15, -0.1) is 0 Å². The number of esters is 2. The van der Waals surface area contributed by atoms with Gasteiger partial charge in [0.15, 0.2) is 6.10 Å². The summed E-state index contributed by atoms with van der Waals surface area (Å²) in [6.07, 6.45) is 41.0. The molecule has 0 radical (unpaired) electrons.